The van der Waals surface area contributed by atoms with Gasteiger partial charge in [0.15, 0.2) is 0 Å². The maximum atomic E-state index is 11.8. The van der Waals surface area contributed by atoms with Crippen molar-refractivity contribution in [1.29, 1.82) is 0 Å². The first kappa shape index (κ1) is 14.0. The van der Waals surface area contributed by atoms with Gasteiger partial charge in [-0.15, -0.1) is 0 Å². The van der Waals surface area contributed by atoms with Crippen molar-refractivity contribution < 1.29 is 4.79 Å². The molecule has 94 valence electrons. The van der Waals surface area contributed by atoms with Crippen molar-refractivity contribution in [2.75, 3.05) is 18.4 Å². The minimum atomic E-state index is 0.361. The first-order valence-corrected chi connectivity index (χ1v) is 7.67. The third-order valence-electron chi connectivity index (χ3n) is 3.53. The van der Waals surface area contributed by atoms with E-state index in [1.54, 1.807) is 0 Å². The zero-order valence-corrected chi connectivity index (χ0v) is 12.1. The van der Waals surface area contributed by atoms with Crippen molar-refractivity contribution in [2.45, 2.75) is 46.0 Å². The number of amides is 1. The predicted molar refractivity (Wildman–Crippen MR) is 71.8 cm³/mol. The third kappa shape index (κ3) is 4.08. The fourth-order valence-electron chi connectivity index (χ4n) is 2.36. The summed E-state index contributed by atoms with van der Waals surface area (Å²) in [5.41, 5.74) is 0. The van der Waals surface area contributed by atoms with Gasteiger partial charge in [0.2, 0.25) is 5.91 Å². The Bertz CT molecular complexity index is 220. The highest BCUT2D eigenvalue weighted by atomic mass is 79.9. The maximum Gasteiger partial charge on any atom is 0.222 e. The van der Waals surface area contributed by atoms with Crippen LogP contribution in [0.1, 0.15) is 46.0 Å². The summed E-state index contributed by atoms with van der Waals surface area (Å²) >= 11 is 3.48. The van der Waals surface area contributed by atoms with Crippen LogP contribution in [0.4, 0.5) is 0 Å². The van der Waals surface area contributed by atoms with Crippen LogP contribution < -0.4 is 0 Å². The lowest BCUT2D eigenvalue weighted by molar-refractivity contribution is -0.128. The van der Waals surface area contributed by atoms with Crippen LogP contribution in [0.3, 0.4) is 0 Å². The first-order chi connectivity index (χ1) is 7.71. The molecular formula is C13H24BrNO. The van der Waals surface area contributed by atoms with Crippen molar-refractivity contribution in [3.8, 4) is 0 Å². The maximum absolute atomic E-state index is 11.8. The molecule has 2 unspecified atom stereocenters. The normalized spacial score (nSPS) is 22.8. The van der Waals surface area contributed by atoms with Gasteiger partial charge in [-0.05, 0) is 18.3 Å². The Morgan fingerprint density at radius 2 is 2.25 bits per heavy atom. The summed E-state index contributed by atoms with van der Waals surface area (Å²) in [6, 6.07) is 0. The van der Waals surface area contributed by atoms with E-state index < -0.39 is 0 Å². The fraction of sp³-hybridized carbons (Fsp3) is 0.923. The minimum absolute atomic E-state index is 0.361. The topological polar surface area (TPSA) is 20.3 Å². The van der Waals surface area contributed by atoms with E-state index in [1.807, 2.05) is 0 Å². The molecule has 0 aliphatic carbocycles. The molecule has 1 amide bonds. The summed E-state index contributed by atoms with van der Waals surface area (Å²) in [4.78, 5) is 13.9. The molecule has 0 radical (unpaired) electrons. The Balaban J connectivity index is 2.36. The van der Waals surface area contributed by atoms with E-state index in [-0.39, 0.29) is 0 Å². The summed E-state index contributed by atoms with van der Waals surface area (Å²) in [6.07, 6.45) is 5.77. The number of halogens is 1. The van der Waals surface area contributed by atoms with Gasteiger partial charge in [0, 0.05) is 24.8 Å². The van der Waals surface area contributed by atoms with Gasteiger partial charge in [-0.3, -0.25) is 4.79 Å². The Hall–Kier alpha value is -0.0500. The van der Waals surface area contributed by atoms with Crippen LogP contribution in [0.2, 0.25) is 0 Å². The zero-order chi connectivity index (χ0) is 12.0. The molecule has 1 fully saturated rings. The highest BCUT2D eigenvalue weighted by Crippen LogP contribution is 2.23. The third-order valence-corrected chi connectivity index (χ3v) is 4.45. The molecule has 2 atom stereocenters. The van der Waals surface area contributed by atoms with E-state index in [4.69, 9.17) is 0 Å². The zero-order valence-electron chi connectivity index (χ0n) is 10.5. The van der Waals surface area contributed by atoms with Gasteiger partial charge in [0.1, 0.15) is 0 Å². The number of alkyl halides is 1. The average Bonchev–Trinajstić information content (AvgIpc) is 2.65. The van der Waals surface area contributed by atoms with Crippen molar-refractivity contribution in [3.63, 3.8) is 0 Å². The van der Waals surface area contributed by atoms with Gasteiger partial charge in [-0.2, -0.15) is 0 Å². The molecule has 0 saturated carbocycles. The Morgan fingerprint density at radius 1 is 1.50 bits per heavy atom. The van der Waals surface area contributed by atoms with Gasteiger partial charge in [-0.1, -0.05) is 49.0 Å². The SMILES string of the molecule is CCCCC(CC)CN1CC(CBr)CC1=O. The molecule has 0 bridgehead atoms. The second kappa shape index (κ2) is 7.31. The monoisotopic (exact) mass is 289 g/mol. The number of rotatable bonds is 7. The van der Waals surface area contributed by atoms with Crippen LogP contribution in [0.25, 0.3) is 0 Å². The van der Waals surface area contributed by atoms with E-state index in [2.05, 4.69) is 34.7 Å². The number of likely N-dealkylation sites (tertiary alicyclic amines) is 1. The van der Waals surface area contributed by atoms with Gasteiger partial charge in [0.25, 0.3) is 0 Å². The molecule has 2 nitrogen and oxygen atoms in total. The van der Waals surface area contributed by atoms with Gasteiger partial charge in [-0.25, -0.2) is 0 Å². The smallest absolute Gasteiger partial charge is 0.222 e. The van der Waals surface area contributed by atoms with Crippen molar-refractivity contribution in [1.82, 2.24) is 4.90 Å². The predicted octanol–water partition coefficient (Wildman–Crippen LogP) is 3.45. The molecule has 1 aliphatic rings. The van der Waals surface area contributed by atoms with Crippen molar-refractivity contribution in [2.24, 2.45) is 11.8 Å². The largest absolute Gasteiger partial charge is 0.342 e. The van der Waals surface area contributed by atoms with Crippen molar-refractivity contribution >= 4 is 21.8 Å². The van der Waals surface area contributed by atoms with Gasteiger partial charge in [0.05, 0.1) is 0 Å². The van der Waals surface area contributed by atoms with Crippen LogP contribution in [0, 0.1) is 11.8 Å². The second-order valence-corrected chi connectivity index (χ2v) is 5.59. The fourth-order valence-corrected chi connectivity index (χ4v) is 2.80. The van der Waals surface area contributed by atoms with E-state index >= 15 is 0 Å². The highest BCUT2D eigenvalue weighted by molar-refractivity contribution is 9.09. The molecule has 1 saturated heterocycles. The van der Waals surface area contributed by atoms with E-state index in [0.717, 1.165) is 24.8 Å². The van der Waals surface area contributed by atoms with Gasteiger partial charge >= 0.3 is 0 Å². The second-order valence-electron chi connectivity index (χ2n) is 4.94. The summed E-state index contributed by atoms with van der Waals surface area (Å²) < 4.78 is 0. The molecule has 0 aromatic heterocycles. The molecule has 1 heterocycles. The number of unbranched alkanes of at least 4 members (excludes halogenated alkanes) is 1. The number of carbonyl (C=O) groups is 1. The quantitative estimate of drug-likeness (QED) is 0.658. The molecule has 0 N–H and O–H groups in total. The van der Waals surface area contributed by atoms with Crippen molar-refractivity contribution in [3.05, 3.63) is 0 Å². The van der Waals surface area contributed by atoms with E-state index in [1.165, 1.54) is 25.7 Å². The molecule has 1 aliphatic heterocycles. The van der Waals surface area contributed by atoms with Crippen LogP contribution in [0.15, 0.2) is 0 Å². The van der Waals surface area contributed by atoms with E-state index in [0.29, 0.717) is 17.7 Å². The molecule has 0 aromatic rings. The molecule has 0 aromatic carbocycles. The summed E-state index contributed by atoms with van der Waals surface area (Å²) in [5, 5.41) is 0.959. The molecule has 16 heavy (non-hydrogen) atoms. The number of hydrogen-bond acceptors (Lipinski definition) is 1. The lowest BCUT2D eigenvalue weighted by Gasteiger charge is -2.23. The average molecular weight is 290 g/mol. The summed E-state index contributed by atoms with van der Waals surface area (Å²) in [7, 11) is 0. The number of nitrogens with zero attached hydrogens (tertiary/aromatic N) is 1. The molecule has 0 spiro atoms. The highest BCUT2D eigenvalue weighted by Gasteiger charge is 2.29. The molecule has 1 rings (SSSR count). The Kier molecular flexibility index (Phi) is 6.40. The molecular weight excluding hydrogens is 266 g/mol. The Morgan fingerprint density at radius 3 is 2.75 bits per heavy atom. The van der Waals surface area contributed by atoms with Crippen LogP contribution in [-0.4, -0.2) is 29.2 Å². The number of carbonyl (C=O) groups excluding carboxylic acids is 1. The lowest BCUT2D eigenvalue weighted by atomic mass is 9.99. The summed E-state index contributed by atoms with van der Waals surface area (Å²) in [6.45, 7) is 6.42. The van der Waals surface area contributed by atoms with Crippen LogP contribution in [0.5, 0.6) is 0 Å². The Labute approximate surface area is 108 Å². The molecule has 3 heteroatoms. The van der Waals surface area contributed by atoms with E-state index in [9.17, 15) is 4.79 Å². The first-order valence-electron chi connectivity index (χ1n) is 6.54. The summed E-state index contributed by atoms with van der Waals surface area (Å²) in [5.74, 6) is 1.61. The standard InChI is InChI=1S/C13H24BrNO/c1-3-5-6-11(4-2)9-15-10-12(8-14)7-13(15)16/h11-12H,3-10H2,1-2H3. The van der Waals surface area contributed by atoms with Crippen LogP contribution >= 0.6 is 15.9 Å². The van der Waals surface area contributed by atoms with Gasteiger partial charge < -0.3 is 4.90 Å². The lowest BCUT2D eigenvalue weighted by Crippen LogP contribution is -2.31. The minimum Gasteiger partial charge on any atom is -0.342 e. The number of hydrogen-bond donors (Lipinski definition) is 0. The van der Waals surface area contributed by atoms with Crippen LogP contribution in [-0.2, 0) is 4.79 Å².